The van der Waals surface area contributed by atoms with Gasteiger partial charge >= 0.3 is 0 Å². The fraction of sp³-hybridized carbons (Fsp3) is 0.143. The minimum atomic E-state index is -3.76. The lowest BCUT2D eigenvalue weighted by Crippen LogP contribution is -2.06. The fourth-order valence-corrected chi connectivity index (χ4v) is 3.44. The Balaban J connectivity index is 2.15. The molecule has 0 aromatic heterocycles. The van der Waals surface area contributed by atoms with Crippen molar-refractivity contribution in [3.05, 3.63) is 63.1 Å². The lowest BCUT2D eigenvalue weighted by molar-refractivity contribution is 0.308. The average Bonchev–Trinajstić information content (AvgIpc) is 2.36. The number of halogens is 2. The normalized spacial score (nSPS) is 11.6. The van der Waals surface area contributed by atoms with Gasteiger partial charge in [-0.2, -0.15) is 8.42 Å². The van der Waals surface area contributed by atoms with Crippen LogP contribution in [0.25, 0.3) is 0 Å². The second kappa shape index (κ2) is 6.26. The summed E-state index contributed by atoms with van der Waals surface area (Å²) in [7, 11) is -3.76. The minimum absolute atomic E-state index is 0.0601. The second-order valence-corrected chi connectivity index (χ2v) is 7.27. The molecule has 20 heavy (non-hydrogen) atoms. The topological polar surface area (TPSA) is 43.4 Å². The smallest absolute Gasteiger partial charge is 0.262 e. The summed E-state index contributed by atoms with van der Waals surface area (Å²) in [4.78, 5) is 0.143. The molecule has 0 fully saturated rings. The molecule has 0 bridgehead atoms. The molecule has 0 N–H and O–H groups in total. The molecule has 6 heteroatoms. The SMILES string of the molecule is Cc1ccc(S(=O)(=O)OCc2cc(Cl)cc(Br)c2)cc1. The largest absolute Gasteiger partial charge is 0.297 e. The van der Waals surface area contributed by atoms with Gasteiger partial charge in [0, 0.05) is 9.50 Å². The van der Waals surface area contributed by atoms with Gasteiger partial charge in [-0.05, 0) is 42.8 Å². The van der Waals surface area contributed by atoms with Crippen LogP contribution < -0.4 is 0 Å². The van der Waals surface area contributed by atoms with Gasteiger partial charge in [0.05, 0.1) is 11.5 Å². The van der Waals surface area contributed by atoms with Crippen LogP contribution in [0.1, 0.15) is 11.1 Å². The van der Waals surface area contributed by atoms with E-state index in [-0.39, 0.29) is 11.5 Å². The van der Waals surface area contributed by atoms with Crippen LogP contribution in [-0.4, -0.2) is 8.42 Å². The van der Waals surface area contributed by atoms with Crippen LogP contribution in [0.15, 0.2) is 51.8 Å². The summed E-state index contributed by atoms with van der Waals surface area (Å²) >= 11 is 9.20. The van der Waals surface area contributed by atoms with E-state index in [0.29, 0.717) is 10.6 Å². The van der Waals surface area contributed by atoms with Crippen LogP contribution in [0.2, 0.25) is 5.02 Å². The summed E-state index contributed by atoms with van der Waals surface area (Å²) in [5.41, 5.74) is 1.67. The van der Waals surface area contributed by atoms with E-state index in [1.54, 1.807) is 30.3 Å². The van der Waals surface area contributed by atoms with Crippen molar-refractivity contribution in [2.24, 2.45) is 0 Å². The molecule has 0 unspecified atom stereocenters. The van der Waals surface area contributed by atoms with Crippen LogP contribution in [0.3, 0.4) is 0 Å². The Kier molecular flexibility index (Phi) is 4.86. The van der Waals surface area contributed by atoms with E-state index >= 15 is 0 Å². The summed E-state index contributed by atoms with van der Waals surface area (Å²) in [6.07, 6.45) is 0. The van der Waals surface area contributed by atoms with E-state index in [1.807, 2.05) is 6.92 Å². The molecule has 3 nitrogen and oxygen atoms in total. The predicted octanol–water partition coefficient (Wildman–Crippen LogP) is 4.32. The third kappa shape index (κ3) is 4.06. The van der Waals surface area contributed by atoms with Crippen molar-refractivity contribution in [1.29, 1.82) is 0 Å². The van der Waals surface area contributed by atoms with E-state index in [0.717, 1.165) is 10.0 Å². The van der Waals surface area contributed by atoms with Gasteiger partial charge in [0.15, 0.2) is 0 Å². The van der Waals surface area contributed by atoms with Gasteiger partial charge in [0.1, 0.15) is 0 Å². The Morgan fingerprint density at radius 3 is 2.40 bits per heavy atom. The molecule has 0 spiro atoms. The van der Waals surface area contributed by atoms with Crippen molar-refractivity contribution in [2.45, 2.75) is 18.4 Å². The summed E-state index contributed by atoms with van der Waals surface area (Å²) in [5, 5.41) is 0.519. The zero-order chi connectivity index (χ0) is 14.8. The first-order chi connectivity index (χ1) is 9.37. The Bertz CT molecular complexity index is 691. The monoisotopic (exact) mass is 374 g/mol. The molecule has 0 aliphatic rings. The molecular formula is C14H12BrClO3S. The van der Waals surface area contributed by atoms with Crippen molar-refractivity contribution < 1.29 is 12.6 Å². The molecule has 0 aliphatic carbocycles. The summed E-state index contributed by atoms with van der Waals surface area (Å²) in [6.45, 7) is 1.83. The summed E-state index contributed by atoms with van der Waals surface area (Å²) in [6, 6.07) is 11.7. The Morgan fingerprint density at radius 2 is 1.80 bits per heavy atom. The highest BCUT2D eigenvalue weighted by Gasteiger charge is 2.15. The molecule has 2 aromatic rings. The first-order valence-corrected chi connectivity index (χ1v) is 8.36. The van der Waals surface area contributed by atoms with Gasteiger partial charge in [-0.15, -0.1) is 0 Å². The number of hydrogen-bond donors (Lipinski definition) is 0. The molecule has 0 atom stereocenters. The maximum Gasteiger partial charge on any atom is 0.297 e. The van der Waals surface area contributed by atoms with Gasteiger partial charge in [-0.25, -0.2) is 0 Å². The average molecular weight is 376 g/mol. The van der Waals surface area contributed by atoms with E-state index in [2.05, 4.69) is 15.9 Å². The third-order valence-corrected chi connectivity index (χ3v) is 4.57. The minimum Gasteiger partial charge on any atom is -0.262 e. The number of aryl methyl sites for hydroxylation is 1. The maximum atomic E-state index is 12.0. The van der Waals surface area contributed by atoms with Crippen LogP contribution in [0.4, 0.5) is 0 Å². The Morgan fingerprint density at radius 1 is 1.15 bits per heavy atom. The molecule has 0 saturated carbocycles. The lowest BCUT2D eigenvalue weighted by Gasteiger charge is -2.07. The van der Waals surface area contributed by atoms with Gasteiger partial charge in [-0.1, -0.05) is 45.2 Å². The second-order valence-electron chi connectivity index (χ2n) is 4.31. The Hall–Kier alpha value is -0.880. The van der Waals surface area contributed by atoms with Crippen molar-refractivity contribution in [2.75, 3.05) is 0 Å². The van der Waals surface area contributed by atoms with Crippen LogP contribution in [-0.2, 0) is 20.9 Å². The van der Waals surface area contributed by atoms with Crippen molar-refractivity contribution in [3.8, 4) is 0 Å². The highest BCUT2D eigenvalue weighted by Crippen LogP contribution is 2.21. The van der Waals surface area contributed by atoms with E-state index < -0.39 is 10.1 Å². The molecule has 2 aromatic carbocycles. The highest BCUT2D eigenvalue weighted by atomic mass is 79.9. The third-order valence-electron chi connectivity index (χ3n) is 2.61. The van der Waals surface area contributed by atoms with Crippen LogP contribution >= 0.6 is 27.5 Å². The van der Waals surface area contributed by atoms with E-state index in [4.69, 9.17) is 15.8 Å². The van der Waals surface area contributed by atoms with Crippen LogP contribution in [0, 0.1) is 6.92 Å². The fourth-order valence-electron chi connectivity index (χ4n) is 1.61. The standard InChI is InChI=1S/C14H12BrClO3S/c1-10-2-4-14(5-3-10)20(17,18)19-9-11-6-12(15)8-13(16)7-11/h2-8H,9H2,1H3. The van der Waals surface area contributed by atoms with Crippen LogP contribution in [0.5, 0.6) is 0 Å². The molecule has 106 valence electrons. The molecule has 0 radical (unpaired) electrons. The van der Waals surface area contributed by atoms with Crippen molar-refractivity contribution in [1.82, 2.24) is 0 Å². The van der Waals surface area contributed by atoms with E-state index in [1.165, 1.54) is 12.1 Å². The van der Waals surface area contributed by atoms with Crippen molar-refractivity contribution in [3.63, 3.8) is 0 Å². The zero-order valence-electron chi connectivity index (χ0n) is 10.6. The summed E-state index contributed by atoms with van der Waals surface area (Å²) in [5.74, 6) is 0. The lowest BCUT2D eigenvalue weighted by atomic mass is 10.2. The van der Waals surface area contributed by atoms with Gasteiger partial charge < -0.3 is 0 Å². The molecule has 0 heterocycles. The zero-order valence-corrected chi connectivity index (χ0v) is 13.8. The van der Waals surface area contributed by atoms with Crippen molar-refractivity contribution >= 4 is 37.6 Å². The van der Waals surface area contributed by atoms with Gasteiger partial charge in [0.25, 0.3) is 10.1 Å². The quantitative estimate of drug-likeness (QED) is 0.748. The predicted molar refractivity (Wildman–Crippen MR) is 82.3 cm³/mol. The molecular weight excluding hydrogens is 364 g/mol. The first-order valence-electron chi connectivity index (χ1n) is 5.78. The first kappa shape index (κ1) is 15.5. The Labute approximate surface area is 131 Å². The molecule has 2 rings (SSSR count). The number of benzene rings is 2. The highest BCUT2D eigenvalue weighted by molar-refractivity contribution is 9.10. The molecule has 0 amide bonds. The van der Waals surface area contributed by atoms with Gasteiger partial charge in [-0.3, -0.25) is 4.18 Å². The van der Waals surface area contributed by atoms with Gasteiger partial charge in [0.2, 0.25) is 0 Å². The molecule has 0 aliphatic heterocycles. The number of rotatable bonds is 4. The maximum absolute atomic E-state index is 12.0. The molecule has 0 saturated heterocycles. The number of hydrogen-bond acceptors (Lipinski definition) is 3. The summed E-state index contributed by atoms with van der Waals surface area (Å²) < 4.78 is 29.9. The van der Waals surface area contributed by atoms with E-state index in [9.17, 15) is 8.42 Å².